The Morgan fingerprint density at radius 2 is 2.05 bits per heavy atom. The van der Waals surface area contributed by atoms with E-state index in [9.17, 15) is 4.79 Å². The smallest absolute Gasteiger partial charge is 0.237 e. The van der Waals surface area contributed by atoms with Gasteiger partial charge in [-0.25, -0.2) is 0 Å². The normalized spacial score (nSPS) is 32.0. The van der Waals surface area contributed by atoms with Gasteiger partial charge in [0, 0.05) is 23.2 Å². The van der Waals surface area contributed by atoms with Crippen LogP contribution in [0.15, 0.2) is 4.52 Å². The lowest BCUT2D eigenvalue weighted by Crippen LogP contribution is -2.17. The molecule has 6 heteroatoms. The monoisotopic (exact) mass is 312 g/mol. The average Bonchev–Trinajstić information content (AvgIpc) is 2.82. The molecular formula is C14H20N2O2S2. The third kappa shape index (κ3) is 3.06. The molecular weight excluding hydrogens is 292 g/mol. The summed E-state index contributed by atoms with van der Waals surface area (Å²) in [5.41, 5.74) is 0. The van der Waals surface area contributed by atoms with Gasteiger partial charge < -0.3 is 4.52 Å². The maximum atomic E-state index is 12.1. The van der Waals surface area contributed by atoms with Crippen LogP contribution < -0.4 is 0 Å². The zero-order chi connectivity index (χ0) is 13.9. The van der Waals surface area contributed by atoms with E-state index in [0.717, 1.165) is 37.3 Å². The van der Waals surface area contributed by atoms with Gasteiger partial charge in [-0.2, -0.15) is 16.7 Å². The van der Waals surface area contributed by atoms with Gasteiger partial charge in [-0.1, -0.05) is 24.9 Å². The minimum Gasteiger partial charge on any atom is -0.339 e. The van der Waals surface area contributed by atoms with Gasteiger partial charge in [0.1, 0.15) is 5.78 Å². The molecule has 20 heavy (non-hydrogen) atoms. The van der Waals surface area contributed by atoms with E-state index in [-0.39, 0.29) is 11.7 Å². The number of ketones is 1. The molecule has 0 bridgehead atoms. The Morgan fingerprint density at radius 1 is 1.20 bits per heavy atom. The van der Waals surface area contributed by atoms with Crippen molar-refractivity contribution in [2.24, 2.45) is 0 Å². The predicted octanol–water partition coefficient (Wildman–Crippen LogP) is 3.60. The molecule has 1 aliphatic carbocycles. The number of thioether (sulfide) groups is 2. The molecule has 1 aromatic heterocycles. The zero-order valence-electron chi connectivity index (χ0n) is 11.7. The van der Waals surface area contributed by atoms with E-state index >= 15 is 0 Å². The maximum Gasteiger partial charge on any atom is 0.237 e. The van der Waals surface area contributed by atoms with Gasteiger partial charge >= 0.3 is 0 Å². The summed E-state index contributed by atoms with van der Waals surface area (Å²) >= 11 is 3.86. The fourth-order valence-corrected chi connectivity index (χ4v) is 5.52. The Balaban J connectivity index is 1.76. The van der Waals surface area contributed by atoms with Crippen LogP contribution in [0.5, 0.6) is 0 Å². The predicted molar refractivity (Wildman–Crippen MR) is 82.3 cm³/mol. The second-order valence-electron chi connectivity index (χ2n) is 5.48. The van der Waals surface area contributed by atoms with E-state index in [4.69, 9.17) is 4.52 Å². The van der Waals surface area contributed by atoms with Crippen LogP contribution in [-0.2, 0) is 4.79 Å². The molecule has 3 rings (SSSR count). The molecule has 0 aromatic carbocycles. The molecule has 1 aromatic rings. The molecule has 0 N–H and O–H groups in total. The highest BCUT2D eigenvalue weighted by Crippen LogP contribution is 2.41. The van der Waals surface area contributed by atoms with Crippen molar-refractivity contribution in [2.75, 3.05) is 11.5 Å². The molecule has 2 aliphatic rings. The number of aromatic nitrogens is 2. The first-order chi connectivity index (χ1) is 9.75. The Kier molecular flexibility index (Phi) is 4.71. The molecule has 1 saturated heterocycles. The summed E-state index contributed by atoms with van der Waals surface area (Å²) in [6.45, 7) is 2.22. The van der Waals surface area contributed by atoms with Crippen molar-refractivity contribution in [3.8, 4) is 0 Å². The largest absolute Gasteiger partial charge is 0.339 e. The van der Waals surface area contributed by atoms with Crippen molar-refractivity contribution >= 4 is 29.3 Å². The fourth-order valence-electron chi connectivity index (χ4n) is 2.84. The van der Waals surface area contributed by atoms with E-state index in [2.05, 4.69) is 17.1 Å². The molecule has 3 atom stereocenters. The van der Waals surface area contributed by atoms with Crippen molar-refractivity contribution in [1.82, 2.24) is 10.1 Å². The van der Waals surface area contributed by atoms with Gasteiger partial charge in [-0.05, 0) is 12.8 Å². The third-order valence-electron chi connectivity index (χ3n) is 4.00. The summed E-state index contributed by atoms with van der Waals surface area (Å²) in [5, 5.41) is 4.96. The molecule has 0 spiro atoms. The molecule has 2 heterocycles. The lowest BCUT2D eigenvalue weighted by Gasteiger charge is -2.24. The number of nitrogens with zero attached hydrogens (tertiary/aromatic N) is 2. The van der Waals surface area contributed by atoms with Crippen molar-refractivity contribution in [1.29, 1.82) is 0 Å². The summed E-state index contributed by atoms with van der Waals surface area (Å²) in [6, 6.07) is 0. The van der Waals surface area contributed by atoms with E-state index < -0.39 is 0 Å². The van der Waals surface area contributed by atoms with Gasteiger partial charge in [0.15, 0.2) is 5.82 Å². The van der Waals surface area contributed by atoms with Crippen molar-refractivity contribution in [3.05, 3.63) is 11.7 Å². The number of carbonyl (C=O) groups is 1. The number of Topliss-reactive ketones (excluding diaryl/α,β-unsaturated/α-hetero) is 1. The van der Waals surface area contributed by atoms with Gasteiger partial charge in [-0.3, -0.25) is 4.79 Å². The Morgan fingerprint density at radius 3 is 2.90 bits per heavy atom. The first-order valence-corrected chi connectivity index (χ1v) is 9.45. The molecule has 2 fully saturated rings. The van der Waals surface area contributed by atoms with Crippen LogP contribution in [0, 0.1) is 0 Å². The van der Waals surface area contributed by atoms with Crippen molar-refractivity contribution in [2.45, 2.75) is 55.4 Å². The number of hydrogen-bond donors (Lipinski definition) is 0. The third-order valence-corrected chi connectivity index (χ3v) is 7.09. The summed E-state index contributed by atoms with van der Waals surface area (Å²) < 4.78 is 5.43. The minimum atomic E-state index is -0.157. The molecule has 4 nitrogen and oxygen atoms in total. The first-order valence-electron chi connectivity index (χ1n) is 7.35. The van der Waals surface area contributed by atoms with Crippen LogP contribution >= 0.6 is 23.5 Å². The lowest BCUT2D eigenvalue weighted by molar-refractivity contribution is -0.120. The topological polar surface area (TPSA) is 56.0 Å². The van der Waals surface area contributed by atoms with Crippen LogP contribution in [0.2, 0.25) is 0 Å². The summed E-state index contributed by atoms with van der Waals surface area (Å²) in [4.78, 5) is 16.7. The van der Waals surface area contributed by atoms with E-state index in [1.54, 1.807) is 0 Å². The quantitative estimate of drug-likeness (QED) is 0.778. The van der Waals surface area contributed by atoms with Crippen LogP contribution in [-0.4, -0.2) is 32.7 Å². The van der Waals surface area contributed by atoms with Gasteiger partial charge in [0.05, 0.1) is 11.2 Å². The van der Waals surface area contributed by atoms with Crippen LogP contribution in [0.1, 0.15) is 61.9 Å². The second-order valence-corrected chi connectivity index (χ2v) is 8.21. The Hall–Kier alpha value is -0.490. The standard InChI is InChI=1S/C14H20N2O2S2/c1-9-12(20-8-7-19-9)13-15-14(18-16-13)10-5-3-2-4-6-11(10)17/h9-10,12H,2-8H2,1H3. The van der Waals surface area contributed by atoms with Crippen LogP contribution in [0.25, 0.3) is 0 Å². The molecule has 0 radical (unpaired) electrons. The van der Waals surface area contributed by atoms with Gasteiger partial charge in [-0.15, -0.1) is 11.8 Å². The number of hydrogen-bond acceptors (Lipinski definition) is 6. The number of rotatable bonds is 2. The number of carbonyl (C=O) groups excluding carboxylic acids is 1. The summed E-state index contributed by atoms with van der Waals surface area (Å²) in [7, 11) is 0. The fraction of sp³-hybridized carbons (Fsp3) is 0.786. The second kappa shape index (κ2) is 6.52. The lowest BCUT2D eigenvalue weighted by atomic mass is 9.99. The van der Waals surface area contributed by atoms with Gasteiger partial charge in [0.25, 0.3) is 0 Å². The summed E-state index contributed by atoms with van der Waals surface area (Å²) in [6.07, 6.45) is 4.74. The van der Waals surface area contributed by atoms with Crippen LogP contribution in [0.4, 0.5) is 0 Å². The minimum absolute atomic E-state index is 0.157. The maximum absolute atomic E-state index is 12.1. The highest BCUT2D eigenvalue weighted by atomic mass is 32.2. The zero-order valence-corrected chi connectivity index (χ0v) is 13.3. The Labute approximate surface area is 127 Å². The molecule has 110 valence electrons. The molecule has 3 unspecified atom stereocenters. The Bertz CT molecular complexity index is 477. The van der Waals surface area contributed by atoms with E-state index in [1.807, 2.05) is 23.5 Å². The van der Waals surface area contributed by atoms with Crippen LogP contribution in [0.3, 0.4) is 0 Å². The van der Waals surface area contributed by atoms with Crippen molar-refractivity contribution in [3.63, 3.8) is 0 Å². The highest BCUT2D eigenvalue weighted by Gasteiger charge is 2.32. The molecule has 1 saturated carbocycles. The average molecular weight is 312 g/mol. The van der Waals surface area contributed by atoms with Crippen molar-refractivity contribution < 1.29 is 9.32 Å². The highest BCUT2D eigenvalue weighted by molar-refractivity contribution is 8.06. The van der Waals surface area contributed by atoms with E-state index in [1.165, 1.54) is 5.75 Å². The first kappa shape index (κ1) is 14.4. The molecule has 1 aliphatic heterocycles. The van der Waals surface area contributed by atoms with E-state index in [0.29, 0.717) is 22.8 Å². The van der Waals surface area contributed by atoms with Gasteiger partial charge in [0.2, 0.25) is 5.89 Å². The SMILES string of the molecule is CC1SCCSC1c1noc(C2CCCCCC2=O)n1. The molecule has 0 amide bonds. The summed E-state index contributed by atoms with van der Waals surface area (Å²) in [5.74, 6) is 3.77.